The van der Waals surface area contributed by atoms with Crippen LogP contribution >= 0.6 is 0 Å². The van der Waals surface area contributed by atoms with E-state index >= 15 is 0 Å². The zero-order valence-corrected chi connectivity index (χ0v) is 10.2. The lowest BCUT2D eigenvalue weighted by molar-refractivity contribution is 0.589. The Labute approximate surface area is 94.2 Å². The molecule has 0 atom stereocenters. The predicted molar refractivity (Wildman–Crippen MR) is 60.8 cm³/mol. The van der Waals surface area contributed by atoms with Gasteiger partial charge in [0.05, 0.1) is 4.90 Å². The highest BCUT2D eigenvalue weighted by molar-refractivity contribution is 8.07. The van der Waals surface area contributed by atoms with Crippen molar-refractivity contribution in [2.45, 2.75) is 11.8 Å². The third-order valence-corrected chi connectivity index (χ3v) is 5.53. The highest BCUT2D eigenvalue weighted by Gasteiger charge is 2.23. The minimum absolute atomic E-state index is 0.110. The number of nitrogens with two attached hydrogens (primary N) is 2. The Balaban J connectivity index is 3.33. The molecule has 8 heteroatoms. The van der Waals surface area contributed by atoms with Gasteiger partial charge in [-0.1, -0.05) is 6.07 Å². The largest absolute Gasteiger partial charge is 0.399 e. The summed E-state index contributed by atoms with van der Waals surface area (Å²) >= 11 is 0. The molecule has 0 radical (unpaired) electrons. The molecule has 90 valence electrons. The second-order valence-corrected chi connectivity index (χ2v) is 7.36. The summed E-state index contributed by atoms with van der Waals surface area (Å²) in [5.74, 6) is 0. The van der Waals surface area contributed by atoms with Gasteiger partial charge in [-0.25, -0.2) is 22.0 Å². The second-order valence-electron chi connectivity index (χ2n) is 3.42. The van der Waals surface area contributed by atoms with Crippen LogP contribution in [0.3, 0.4) is 0 Å². The van der Waals surface area contributed by atoms with E-state index in [4.69, 9.17) is 10.9 Å². The molecule has 0 spiro atoms. The molecule has 1 aromatic carbocycles. The molecule has 6 nitrogen and oxygen atoms in total. The van der Waals surface area contributed by atoms with Crippen LogP contribution in [0.1, 0.15) is 5.56 Å². The molecule has 0 aliphatic heterocycles. The Morgan fingerprint density at radius 3 is 2.25 bits per heavy atom. The van der Waals surface area contributed by atoms with Crippen molar-refractivity contribution in [2.75, 3.05) is 10.8 Å². The number of aryl methyl sites for hydroxylation is 1. The summed E-state index contributed by atoms with van der Waals surface area (Å²) in [5.41, 5.74) is 6.12. The average molecular weight is 264 g/mol. The molecule has 0 unspecified atom stereocenters. The molecule has 0 fully saturated rings. The molecular weight excluding hydrogens is 252 g/mol. The zero-order valence-electron chi connectivity index (χ0n) is 8.54. The summed E-state index contributed by atoms with van der Waals surface area (Å²) < 4.78 is 45.0. The lowest BCUT2D eigenvalue weighted by atomic mass is 10.2. The number of rotatable bonds is 3. The quantitative estimate of drug-likeness (QED) is 0.719. The molecule has 0 amide bonds. The van der Waals surface area contributed by atoms with Gasteiger partial charge in [0.15, 0.2) is 14.9 Å². The van der Waals surface area contributed by atoms with Crippen molar-refractivity contribution in [1.82, 2.24) is 0 Å². The standard InChI is InChI=1S/C8H12N2O4S2/c1-6-2-3-7(9)4-8(6)15(11,12)5-16(10,13)14/h2-4H,5,9H2,1H3,(H2,10,13,14). The minimum Gasteiger partial charge on any atom is -0.399 e. The second kappa shape index (κ2) is 4.04. The summed E-state index contributed by atoms with van der Waals surface area (Å²) in [6.07, 6.45) is 0. The fourth-order valence-corrected chi connectivity index (χ4v) is 4.34. The van der Waals surface area contributed by atoms with E-state index in [1.807, 2.05) is 0 Å². The molecule has 0 heterocycles. The van der Waals surface area contributed by atoms with Crippen molar-refractivity contribution < 1.29 is 16.8 Å². The van der Waals surface area contributed by atoms with Crippen LogP contribution in [0, 0.1) is 6.92 Å². The molecule has 16 heavy (non-hydrogen) atoms. The molecule has 0 saturated carbocycles. The molecule has 0 aliphatic carbocycles. The first kappa shape index (κ1) is 12.9. The first-order valence-electron chi connectivity index (χ1n) is 4.21. The van der Waals surface area contributed by atoms with E-state index in [1.165, 1.54) is 18.2 Å². The maximum atomic E-state index is 11.7. The van der Waals surface area contributed by atoms with Crippen LogP contribution in [-0.4, -0.2) is 21.9 Å². The van der Waals surface area contributed by atoms with Crippen molar-refractivity contribution in [3.05, 3.63) is 23.8 Å². The van der Waals surface area contributed by atoms with E-state index in [0.29, 0.717) is 5.56 Å². The van der Waals surface area contributed by atoms with Crippen LogP contribution in [0.4, 0.5) is 5.69 Å². The Bertz CT molecular complexity index is 605. The highest BCUT2D eigenvalue weighted by atomic mass is 32.3. The van der Waals surface area contributed by atoms with Gasteiger partial charge in [0, 0.05) is 5.69 Å². The molecule has 0 aliphatic rings. The number of benzene rings is 1. The van der Waals surface area contributed by atoms with Gasteiger partial charge in [-0.3, -0.25) is 0 Å². The third kappa shape index (κ3) is 3.19. The van der Waals surface area contributed by atoms with Crippen LogP contribution in [0.15, 0.2) is 23.1 Å². The van der Waals surface area contributed by atoms with Gasteiger partial charge >= 0.3 is 0 Å². The van der Waals surface area contributed by atoms with Crippen molar-refractivity contribution in [3.8, 4) is 0 Å². The number of anilines is 1. The van der Waals surface area contributed by atoms with Crippen LogP contribution in [0.5, 0.6) is 0 Å². The fraction of sp³-hybridized carbons (Fsp3) is 0.250. The maximum Gasteiger partial charge on any atom is 0.223 e. The molecular formula is C8H12N2O4S2. The first-order chi connectivity index (χ1) is 7.12. The van der Waals surface area contributed by atoms with Crippen LogP contribution in [0.2, 0.25) is 0 Å². The van der Waals surface area contributed by atoms with E-state index in [1.54, 1.807) is 6.92 Å². The smallest absolute Gasteiger partial charge is 0.223 e. The number of hydrogen-bond donors (Lipinski definition) is 2. The number of sulfonamides is 1. The van der Waals surface area contributed by atoms with E-state index in [0.717, 1.165) is 0 Å². The monoisotopic (exact) mass is 264 g/mol. The number of primary sulfonamides is 1. The molecule has 4 N–H and O–H groups in total. The van der Waals surface area contributed by atoms with Gasteiger partial charge in [0.25, 0.3) is 0 Å². The third-order valence-electron chi connectivity index (χ3n) is 1.87. The van der Waals surface area contributed by atoms with Crippen molar-refractivity contribution in [2.24, 2.45) is 5.14 Å². The van der Waals surface area contributed by atoms with Gasteiger partial charge < -0.3 is 5.73 Å². The molecule has 0 saturated heterocycles. The van der Waals surface area contributed by atoms with Gasteiger partial charge in [-0.05, 0) is 24.6 Å². The van der Waals surface area contributed by atoms with E-state index in [-0.39, 0.29) is 10.6 Å². The maximum absolute atomic E-state index is 11.7. The van der Waals surface area contributed by atoms with E-state index in [9.17, 15) is 16.8 Å². The molecule has 0 aromatic heterocycles. The predicted octanol–water partition coefficient (Wildman–Crippen LogP) is -0.403. The molecule has 1 rings (SSSR count). The molecule has 0 bridgehead atoms. The van der Waals surface area contributed by atoms with Gasteiger partial charge in [0.2, 0.25) is 10.0 Å². The average Bonchev–Trinajstić information content (AvgIpc) is 2.04. The summed E-state index contributed by atoms with van der Waals surface area (Å²) in [4.78, 5) is -0.110. The Morgan fingerprint density at radius 1 is 1.19 bits per heavy atom. The Morgan fingerprint density at radius 2 is 1.75 bits per heavy atom. The topological polar surface area (TPSA) is 120 Å². The van der Waals surface area contributed by atoms with E-state index in [2.05, 4.69) is 0 Å². The first-order valence-corrected chi connectivity index (χ1v) is 7.58. The minimum atomic E-state index is -4.09. The Kier molecular flexibility index (Phi) is 3.27. The summed E-state index contributed by atoms with van der Waals surface area (Å²) in [5, 5.41) is 3.59. The molecule has 1 aromatic rings. The fourth-order valence-electron chi connectivity index (χ4n) is 1.23. The van der Waals surface area contributed by atoms with Crippen LogP contribution in [0.25, 0.3) is 0 Å². The summed E-state index contributed by atoms with van der Waals surface area (Å²) in [7, 11) is -8.05. The van der Waals surface area contributed by atoms with E-state index < -0.39 is 24.9 Å². The highest BCUT2D eigenvalue weighted by Crippen LogP contribution is 2.20. The van der Waals surface area contributed by atoms with Gasteiger partial charge in [-0.15, -0.1) is 0 Å². The summed E-state index contributed by atoms with van der Waals surface area (Å²) in [6, 6.07) is 4.26. The van der Waals surface area contributed by atoms with Crippen molar-refractivity contribution in [3.63, 3.8) is 0 Å². The SMILES string of the molecule is Cc1ccc(N)cc1S(=O)(=O)CS(N)(=O)=O. The van der Waals surface area contributed by atoms with Crippen molar-refractivity contribution >= 4 is 25.5 Å². The normalized spacial score (nSPS) is 12.6. The van der Waals surface area contributed by atoms with Crippen LogP contribution in [-0.2, 0) is 19.9 Å². The lowest BCUT2D eigenvalue weighted by Gasteiger charge is -2.07. The number of nitrogen functional groups attached to an aromatic ring is 1. The van der Waals surface area contributed by atoms with Gasteiger partial charge in [-0.2, -0.15) is 0 Å². The lowest BCUT2D eigenvalue weighted by Crippen LogP contribution is -2.23. The zero-order chi connectivity index (χ0) is 12.6. The number of sulfone groups is 1. The van der Waals surface area contributed by atoms with Crippen molar-refractivity contribution in [1.29, 1.82) is 0 Å². The van der Waals surface area contributed by atoms with Gasteiger partial charge in [0.1, 0.15) is 0 Å². The van der Waals surface area contributed by atoms with Crippen LogP contribution < -0.4 is 10.9 Å². The number of hydrogen-bond acceptors (Lipinski definition) is 5. The Hall–Kier alpha value is -1.12. The summed E-state index contributed by atoms with van der Waals surface area (Å²) in [6.45, 7) is 1.55.